The summed E-state index contributed by atoms with van der Waals surface area (Å²) in [4.78, 5) is 8.39. The standard InChI is InChI=1S/C16H19N7O/c1-5-12-10(15(18-4)22-24-12)6-7-11-13-14(17)19-8-20-16(13)23(21-11)9(2)3/h5-9H,1H2,2-4H3,(H,18,22)(H2,17,19,20). The van der Waals surface area contributed by atoms with Crippen molar-refractivity contribution in [2.45, 2.75) is 19.9 Å². The molecule has 24 heavy (non-hydrogen) atoms. The first-order valence-electron chi connectivity index (χ1n) is 7.53. The van der Waals surface area contributed by atoms with Crippen molar-refractivity contribution in [3.63, 3.8) is 0 Å². The van der Waals surface area contributed by atoms with Crippen LogP contribution in [0.15, 0.2) is 17.4 Å². The second kappa shape index (κ2) is 6.15. The highest BCUT2D eigenvalue weighted by molar-refractivity contribution is 5.95. The lowest BCUT2D eigenvalue weighted by Gasteiger charge is -2.05. The molecule has 0 saturated carbocycles. The lowest BCUT2D eigenvalue weighted by atomic mass is 10.2. The number of nitrogens with zero attached hydrogens (tertiary/aromatic N) is 5. The Bertz CT molecular complexity index is 920. The molecule has 8 nitrogen and oxygen atoms in total. The van der Waals surface area contributed by atoms with Crippen molar-refractivity contribution < 1.29 is 4.52 Å². The van der Waals surface area contributed by atoms with Gasteiger partial charge in [0.2, 0.25) is 0 Å². The molecular weight excluding hydrogens is 306 g/mol. The van der Waals surface area contributed by atoms with Gasteiger partial charge in [-0.15, -0.1) is 0 Å². The van der Waals surface area contributed by atoms with Crippen molar-refractivity contribution >= 4 is 40.9 Å². The van der Waals surface area contributed by atoms with Crippen LogP contribution in [0.5, 0.6) is 0 Å². The van der Waals surface area contributed by atoms with E-state index in [0.717, 1.165) is 10.9 Å². The van der Waals surface area contributed by atoms with Crippen LogP contribution in [0.25, 0.3) is 29.3 Å². The van der Waals surface area contributed by atoms with Crippen molar-refractivity contribution in [1.29, 1.82) is 0 Å². The zero-order chi connectivity index (χ0) is 17.3. The Hall–Kier alpha value is -3.16. The molecule has 0 saturated heterocycles. The molecule has 0 aliphatic heterocycles. The number of nitrogen functional groups attached to an aromatic ring is 1. The molecule has 3 aromatic heterocycles. The van der Waals surface area contributed by atoms with Crippen molar-refractivity contribution in [2.24, 2.45) is 0 Å². The molecule has 0 bridgehead atoms. The van der Waals surface area contributed by atoms with Crippen molar-refractivity contribution in [3.8, 4) is 0 Å². The highest BCUT2D eigenvalue weighted by atomic mass is 16.5. The van der Waals surface area contributed by atoms with E-state index in [9.17, 15) is 0 Å². The number of aromatic nitrogens is 5. The number of anilines is 2. The van der Waals surface area contributed by atoms with Gasteiger partial charge in [0.1, 0.15) is 12.1 Å². The molecule has 0 amide bonds. The molecule has 0 aliphatic rings. The number of nitrogens with one attached hydrogen (secondary N) is 1. The van der Waals surface area contributed by atoms with E-state index >= 15 is 0 Å². The summed E-state index contributed by atoms with van der Waals surface area (Å²) in [6.45, 7) is 7.80. The quantitative estimate of drug-likeness (QED) is 0.742. The molecule has 124 valence electrons. The molecular formula is C16H19N7O. The Kier molecular flexibility index (Phi) is 4.03. The highest BCUT2D eigenvalue weighted by Crippen LogP contribution is 2.27. The molecule has 0 aromatic carbocycles. The van der Waals surface area contributed by atoms with E-state index < -0.39 is 0 Å². The van der Waals surface area contributed by atoms with Gasteiger partial charge in [-0.05, 0) is 32.1 Å². The first-order chi connectivity index (χ1) is 11.6. The average Bonchev–Trinajstić information content (AvgIpc) is 3.14. The largest absolute Gasteiger partial charge is 0.383 e. The lowest BCUT2D eigenvalue weighted by Crippen LogP contribution is -2.04. The van der Waals surface area contributed by atoms with Crippen LogP contribution in [0.1, 0.15) is 36.9 Å². The molecule has 3 heterocycles. The van der Waals surface area contributed by atoms with Crippen LogP contribution in [0.2, 0.25) is 0 Å². The van der Waals surface area contributed by atoms with Gasteiger partial charge in [0.05, 0.1) is 16.6 Å². The minimum absolute atomic E-state index is 0.149. The summed E-state index contributed by atoms with van der Waals surface area (Å²) in [5.41, 5.74) is 8.22. The van der Waals surface area contributed by atoms with Crippen LogP contribution in [-0.2, 0) is 0 Å². The maximum atomic E-state index is 6.03. The molecule has 0 unspecified atom stereocenters. The van der Waals surface area contributed by atoms with Gasteiger partial charge in [-0.1, -0.05) is 11.7 Å². The molecule has 0 spiro atoms. The molecule has 0 atom stereocenters. The monoisotopic (exact) mass is 325 g/mol. The van der Waals surface area contributed by atoms with E-state index in [0.29, 0.717) is 28.7 Å². The van der Waals surface area contributed by atoms with Gasteiger partial charge in [0.15, 0.2) is 17.2 Å². The molecule has 3 aromatic rings. The summed E-state index contributed by atoms with van der Waals surface area (Å²) < 4.78 is 7.05. The first-order valence-corrected chi connectivity index (χ1v) is 7.53. The Morgan fingerprint density at radius 2 is 2.12 bits per heavy atom. The molecule has 8 heteroatoms. The summed E-state index contributed by atoms with van der Waals surface area (Å²) in [5, 5.41) is 12.3. The second-order valence-corrected chi connectivity index (χ2v) is 5.48. The minimum Gasteiger partial charge on any atom is -0.383 e. The molecule has 3 rings (SSSR count). The predicted octanol–water partition coefficient (Wildman–Crippen LogP) is 2.83. The average molecular weight is 325 g/mol. The summed E-state index contributed by atoms with van der Waals surface area (Å²) in [6, 6.07) is 0.149. The van der Waals surface area contributed by atoms with Gasteiger partial charge in [-0.25, -0.2) is 14.6 Å². The van der Waals surface area contributed by atoms with Gasteiger partial charge >= 0.3 is 0 Å². The fraction of sp³-hybridized carbons (Fsp3) is 0.250. The van der Waals surface area contributed by atoms with E-state index in [-0.39, 0.29) is 6.04 Å². The number of nitrogens with two attached hydrogens (primary N) is 1. The summed E-state index contributed by atoms with van der Waals surface area (Å²) >= 11 is 0. The van der Waals surface area contributed by atoms with Crippen LogP contribution < -0.4 is 11.1 Å². The van der Waals surface area contributed by atoms with Crippen molar-refractivity contribution in [1.82, 2.24) is 24.9 Å². The van der Waals surface area contributed by atoms with Crippen LogP contribution in [-0.4, -0.2) is 32.0 Å². The fourth-order valence-electron chi connectivity index (χ4n) is 2.46. The number of hydrogen-bond acceptors (Lipinski definition) is 7. The number of fused-ring (bicyclic) bond motifs is 1. The third-order valence-corrected chi connectivity index (χ3v) is 3.62. The van der Waals surface area contributed by atoms with Crippen LogP contribution in [0.3, 0.4) is 0 Å². The molecule has 0 radical (unpaired) electrons. The van der Waals surface area contributed by atoms with E-state index in [1.807, 2.05) is 30.7 Å². The van der Waals surface area contributed by atoms with Crippen LogP contribution >= 0.6 is 0 Å². The maximum Gasteiger partial charge on any atom is 0.177 e. The second-order valence-electron chi connectivity index (χ2n) is 5.48. The Morgan fingerprint density at radius 3 is 2.79 bits per heavy atom. The van der Waals surface area contributed by atoms with E-state index in [4.69, 9.17) is 10.3 Å². The van der Waals surface area contributed by atoms with Gasteiger partial charge in [-0.2, -0.15) is 5.10 Å². The summed E-state index contributed by atoms with van der Waals surface area (Å²) in [6.07, 6.45) is 6.76. The zero-order valence-electron chi connectivity index (χ0n) is 13.8. The maximum absolute atomic E-state index is 6.03. The van der Waals surface area contributed by atoms with Crippen LogP contribution in [0, 0.1) is 0 Å². The minimum atomic E-state index is 0.149. The summed E-state index contributed by atoms with van der Waals surface area (Å²) in [7, 11) is 1.77. The van der Waals surface area contributed by atoms with E-state index in [1.54, 1.807) is 13.1 Å². The molecule has 3 N–H and O–H groups in total. The normalized spacial score (nSPS) is 11.7. The zero-order valence-corrected chi connectivity index (χ0v) is 13.8. The third-order valence-electron chi connectivity index (χ3n) is 3.62. The van der Waals surface area contributed by atoms with Crippen molar-refractivity contribution in [2.75, 3.05) is 18.1 Å². The lowest BCUT2D eigenvalue weighted by molar-refractivity contribution is 0.415. The third kappa shape index (κ3) is 2.51. The van der Waals surface area contributed by atoms with E-state index in [2.05, 4.69) is 32.1 Å². The SMILES string of the molecule is C=Cc1onc(NC)c1C=Cc1nn(C(C)C)c2ncnc(N)c12. The fourth-order valence-corrected chi connectivity index (χ4v) is 2.46. The highest BCUT2D eigenvalue weighted by Gasteiger charge is 2.16. The van der Waals surface area contributed by atoms with Gasteiger partial charge < -0.3 is 15.6 Å². The topological polar surface area (TPSA) is 108 Å². The predicted molar refractivity (Wildman–Crippen MR) is 95.2 cm³/mol. The summed E-state index contributed by atoms with van der Waals surface area (Å²) in [5.74, 6) is 1.60. The Balaban J connectivity index is 2.14. The van der Waals surface area contributed by atoms with Gasteiger partial charge in [0.25, 0.3) is 0 Å². The van der Waals surface area contributed by atoms with E-state index in [1.165, 1.54) is 6.33 Å². The molecule has 0 fully saturated rings. The molecule has 0 aliphatic carbocycles. The van der Waals surface area contributed by atoms with Gasteiger partial charge in [-0.3, -0.25) is 0 Å². The Morgan fingerprint density at radius 1 is 1.33 bits per heavy atom. The van der Waals surface area contributed by atoms with Crippen LogP contribution in [0.4, 0.5) is 11.6 Å². The van der Waals surface area contributed by atoms with Gasteiger partial charge in [0, 0.05) is 13.1 Å². The number of hydrogen-bond donors (Lipinski definition) is 2. The smallest absolute Gasteiger partial charge is 0.177 e. The number of rotatable bonds is 5. The first kappa shape index (κ1) is 15.7. The Labute approximate surface area is 139 Å². The van der Waals surface area contributed by atoms with Crippen molar-refractivity contribution in [3.05, 3.63) is 29.9 Å².